The fraction of sp³-hybridized carbons (Fsp3) is 0.591. The number of nitrogens with zero attached hydrogens (tertiary/aromatic N) is 3. The Morgan fingerprint density at radius 1 is 1.23 bits per heavy atom. The molecule has 1 heterocycles. The third-order valence-electron chi connectivity index (χ3n) is 5.40. The van der Waals surface area contributed by atoms with E-state index in [0.29, 0.717) is 25.3 Å². The lowest BCUT2D eigenvalue weighted by molar-refractivity contribution is -0.137. The molecule has 1 aliphatic rings. The number of hydrogen-bond donors (Lipinski definition) is 0. The molecule has 0 aliphatic heterocycles. The Hall–Kier alpha value is -2.38. The highest BCUT2D eigenvalue weighted by Gasteiger charge is 2.31. The smallest absolute Gasteiger partial charge is 0.339 e. The summed E-state index contributed by atoms with van der Waals surface area (Å²) in [5.74, 6) is 0.850. The lowest BCUT2D eigenvalue weighted by Crippen LogP contribution is -2.43. The van der Waals surface area contributed by atoms with E-state index in [-0.39, 0.29) is 29.3 Å². The van der Waals surface area contributed by atoms with Gasteiger partial charge in [-0.2, -0.15) is 18.2 Å². The van der Waals surface area contributed by atoms with Gasteiger partial charge >= 0.3 is 6.18 Å². The number of carbonyl (C=O) groups is 1. The van der Waals surface area contributed by atoms with Gasteiger partial charge in [0, 0.05) is 31.0 Å². The van der Waals surface area contributed by atoms with Crippen LogP contribution < -0.4 is 0 Å². The first-order valence-corrected chi connectivity index (χ1v) is 10.5. The van der Waals surface area contributed by atoms with Gasteiger partial charge in [0.25, 0.3) is 0 Å². The van der Waals surface area contributed by atoms with Gasteiger partial charge in [-0.1, -0.05) is 50.4 Å². The Morgan fingerprint density at radius 2 is 1.97 bits per heavy atom. The van der Waals surface area contributed by atoms with Crippen molar-refractivity contribution < 1.29 is 22.5 Å². The molecule has 1 amide bonds. The standard InChI is InChI=1S/C22H28F3N3O2/c1-15(2)13-20(29)28(18-9-4-3-5-10-18)12-11-19-26-21(27-30-19)16-7-6-8-17(14-16)22(23,24)25/h6-8,14-15,18H,3-5,9-13H2,1-2H3. The van der Waals surface area contributed by atoms with Crippen LogP contribution in [0.5, 0.6) is 0 Å². The number of carbonyl (C=O) groups excluding carboxylic acids is 1. The lowest BCUT2D eigenvalue weighted by Gasteiger charge is -2.34. The molecule has 8 heteroatoms. The van der Waals surface area contributed by atoms with Gasteiger partial charge in [-0.25, -0.2) is 0 Å². The van der Waals surface area contributed by atoms with E-state index >= 15 is 0 Å². The number of alkyl halides is 3. The van der Waals surface area contributed by atoms with Crippen LogP contribution in [0.2, 0.25) is 0 Å². The highest BCUT2D eigenvalue weighted by molar-refractivity contribution is 5.76. The molecule has 0 saturated heterocycles. The molecule has 0 unspecified atom stereocenters. The number of benzene rings is 1. The topological polar surface area (TPSA) is 59.2 Å². The van der Waals surface area contributed by atoms with E-state index in [9.17, 15) is 18.0 Å². The molecule has 3 rings (SSSR count). The second-order valence-corrected chi connectivity index (χ2v) is 8.32. The highest BCUT2D eigenvalue weighted by Crippen LogP contribution is 2.31. The van der Waals surface area contributed by atoms with Crippen molar-refractivity contribution in [1.29, 1.82) is 0 Å². The molecule has 0 N–H and O–H groups in total. The number of aromatic nitrogens is 2. The van der Waals surface area contributed by atoms with Gasteiger partial charge in [-0.15, -0.1) is 0 Å². The molecule has 1 aromatic heterocycles. The molecule has 0 radical (unpaired) electrons. The van der Waals surface area contributed by atoms with Crippen LogP contribution in [-0.4, -0.2) is 33.5 Å². The molecule has 164 valence electrons. The molecule has 30 heavy (non-hydrogen) atoms. The van der Waals surface area contributed by atoms with E-state index in [1.54, 1.807) is 0 Å². The highest BCUT2D eigenvalue weighted by atomic mass is 19.4. The minimum atomic E-state index is -4.43. The molecule has 0 atom stereocenters. The molecule has 5 nitrogen and oxygen atoms in total. The third-order valence-corrected chi connectivity index (χ3v) is 5.40. The van der Waals surface area contributed by atoms with Crippen LogP contribution in [0.4, 0.5) is 13.2 Å². The number of hydrogen-bond acceptors (Lipinski definition) is 4. The Kier molecular flexibility index (Phi) is 7.15. The van der Waals surface area contributed by atoms with E-state index < -0.39 is 11.7 Å². The van der Waals surface area contributed by atoms with E-state index in [1.165, 1.54) is 18.6 Å². The maximum absolute atomic E-state index is 12.9. The van der Waals surface area contributed by atoms with Crippen molar-refractivity contribution in [3.05, 3.63) is 35.7 Å². The Morgan fingerprint density at radius 3 is 2.63 bits per heavy atom. The molecule has 1 aromatic carbocycles. The van der Waals surface area contributed by atoms with Crippen molar-refractivity contribution >= 4 is 5.91 Å². The van der Waals surface area contributed by atoms with Crippen molar-refractivity contribution in [2.45, 2.75) is 71.0 Å². The SMILES string of the molecule is CC(C)CC(=O)N(CCc1nc(-c2cccc(C(F)(F)F)c2)no1)C1CCCCC1. The second kappa shape index (κ2) is 9.62. The number of rotatable bonds is 7. The fourth-order valence-corrected chi connectivity index (χ4v) is 3.89. The van der Waals surface area contributed by atoms with Gasteiger partial charge in [0.2, 0.25) is 17.6 Å². The summed E-state index contributed by atoms with van der Waals surface area (Å²) < 4.78 is 44.1. The summed E-state index contributed by atoms with van der Waals surface area (Å²) in [4.78, 5) is 19.0. The first-order chi connectivity index (χ1) is 14.2. The Balaban J connectivity index is 1.70. The quantitative estimate of drug-likeness (QED) is 0.590. The molecular formula is C22H28F3N3O2. The molecule has 0 bridgehead atoms. The fourth-order valence-electron chi connectivity index (χ4n) is 3.89. The molecule has 1 fully saturated rings. The van der Waals surface area contributed by atoms with Crippen molar-refractivity contribution in [3.8, 4) is 11.4 Å². The number of halogens is 3. The van der Waals surface area contributed by atoms with E-state index in [1.807, 2.05) is 18.7 Å². The minimum Gasteiger partial charge on any atom is -0.339 e. The van der Waals surface area contributed by atoms with Gasteiger partial charge in [-0.05, 0) is 30.9 Å². The molecule has 1 aliphatic carbocycles. The van der Waals surface area contributed by atoms with Crippen LogP contribution in [0.3, 0.4) is 0 Å². The summed E-state index contributed by atoms with van der Waals surface area (Å²) in [6.45, 7) is 4.52. The summed E-state index contributed by atoms with van der Waals surface area (Å²) in [7, 11) is 0. The first kappa shape index (κ1) is 22.3. The van der Waals surface area contributed by atoms with Crippen LogP contribution in [0.1, 0.15) is 63.8 Å². The Labute approximate surface area is 174 Å². The van der Waals surface area contributed by atoms with Crippen LogP contribution >= 0.6 is 0 Å². The lowest BCUT2D eigenvalue weighted by atomic mass is 9.93. The normalized spacial score (nSPS) is 15.5. The van der Waals surface area contributed by atoms with Gasteiger partial charge in [0.15, 0.2) is 0 Å². The average Bonchev–Trinajstić information content (AvgIpc) is 3.17. The van der Waals surface area contributed by atoms with Gasteiger partial charge < -0.3 is 9.42 Å². The van der Waals surface area contributed by atoms with Crippen molar-refractivity contribution in [1.82, 2.24) is 15.0 Å². The van der Waals surface area contributed by atoms with Crippen LogP contribution in [0.15, 0.2) is 28.8 Å². The molecule has 0 spiro atoms. The van der Waals surface area contributed by atoms with Crippen LogP contribution in [-0.2, 0) is 17.4 Å². The number of amides is 1. The summed E-state index contributed by atoms with van der Waals surface area (Å²) in [6, 6.07) is 5.09. The summed E-state index contributed by atoms with van der Waals surface area (Å²) >= 11 is 0. The second-order valence-electron chi connectivity index (χ2n) is 8.32. The van der Waals surface area contributed by atoms with E-state index in [4.69, 9.17) is 4.52 Å². The summed E-state index contributed by atoms with van der Waals surface area (Å²) in [5.41, 5.74) is -0.506. The maximum atomic E-state index is 12.9. The zero-order valence-electron chi connectivity index (χ0n) is 17.4. The van der Waals surface area contributed by atoms with E-state index in [0.717, 1.165) is 37.8 Å². The van der Waals surface area contributed by atoms with Crippen molar-refractivity contribution in [2.75, 3.05) is 6.54 Å². The molecule has 2 aromatic rings. The molecular weight excluding hydrogens is 395 g/mol. The maximum Gasteiger partial charge on any atom is 0.416 e. The van der Waals surface area contributed by atoms with E-state index in [2.05, 4.69) is 10.1 Å². The monoisotopic (exact) mass is 423 g/mol. The predicted octanol–water partition coefficient (Wildman–Crippen LogP) is 5.51. The first-order valence-electron chi connectivity index (χ1n) is 10.5. The van der Waals surface area contributed by atoms with Gasteiger partial charge in [0.05, 0.1) is 5.56 Å². The predicted molar refractivity (Wildman–Crippen MR) is 106 cm³/mol. The van der Waals surface area contributed by atoms with Crippen LogP contribution in [0, 0.1) is 5.92 Å². The van der Waals surface area contributed by atoms with Crippen LogP contribution in [0.25, 0.3) is 11.4 Å². The molecule has 1 saturated carbocycles. The van der Waals surface area contributed by atoms with Crippen molar-refractivity contribution in [3.63, 3.8) is 0 Å². The average molecular weight is 423 g/mol. The minimum absolute atomic E-state index is 0.119. The van der Waals surface area contributed by atoms with Gasteiger partial charge in [0.1, 0.15) is 0 Å². The van der Waals surface area contributed by atoms with Gasteiger partial charge in [-0.3, -0.25) is 4.79 Å². The van der Waals surface area contributed by atoms with Crippen molar-refractivity contribution in [2.24, 2.45) is 5.92 Å². The zero-order valence-corrected chi connectivity index (χ0v) is 17.4. The third kappa shape index (κ3) is 5.83. The Bertz CT molecular complexity index is 842. The summed E-state index contributed by atoms with van der Waals surface area (Å²) in [6.07, 6.45) is 1.90. The summed E-state index contributed by atoms with van der Waals surface area (Å²) in [5, 5.41) is 3.84. The zero-order chi connectivity index (χ0) is 21.7. The largest absolute Gasteiger partial charge is 0.416 e.